The van der Waals surface area contributed by atoms with Crippen LogP contribution in [0.25, 0.3) is 0 Å². The Hall–Kier alpha value is -1.90. The molecule has 0 heterocycles. The number of rotatable bonds is 3. The molecular formula is C16H20N2O. The van der Waals surface area contributed by atoms with Gasteiger partial charge in [-0.1, -0.05) is 18.2 Å². The Morgan fingerprint density at radius 3 is 2.84 bits per heavy atom. The van der Waals surface area contributed by atoms with E-state index in [-0.39, 0.29) is 5.91 Å². The van der Waals surface area contributed by atoms with Crippen LogP contribution in [-0.2, 0) is 0 Å². The summed E-state index contributed by atoms with van der Waals surface area (Å²) in [6.45, 7) is 4.04. The number of hydrazone groups is 1. The number of hydrogen-bond acceptors (Lipinski definition) is 2. The predicted octanol–water partition coefficient (Wildman–Crippen LogP) is 3.38. The van der Waals surface area contributed by atoms with Crippen molar-refractivity contribution in [2.75, 3.05) is 0 Å². The minimum absolute atomic E-state index is 0.147. The molecular weight excluding hydrogens is 236 g/mol. The van der Waals surface area contributed by atoms with Gasteiger partial charge >= 0.3 is 0 Å². The minimum atomic E-state index is -0.147. The number of nitrogens with one attached hydrogen (secondary N) is 1. The maximum absolute atomic E-state index is 11.9. The third-order valence-electron chi connectivity index (χ3n) is 3.53. The highest BCUT2D eigenvalue weighted by atomic mass is 16.2. The molecule has 1 aliphatic carbocycles. The lowest BCUT2D eigenvalue weighted by atomic mass is 9.96. The molecule has 100 valence electrons. The van der Waals surface area contributed by atoms with Gasteiger partial charge in [0.1, 0.15) is 0 Å². The van der Waals surface area contributed by atoms with Crippen molar-refractivity contribution in [3.8, 4) is 0 Å². The molecule has 3 nitrogen and oxygen atoms in total. The van der Waals surface area contributed by atoms with Crippen molar-refractivity contribution in [1.82, 2.24) is 5.43 Å². The topological polar surface area (TPSA) is 41.5 Å². The number of carbonyl (C=O) groups excluding carboxylic acids is 1. The minimum Gasteiger partial charge on any atom is -0.267 e. The molecule has 0 saturated heterocycles. The van der Waals surface area contributed by atoms with Crippen molar-refractivity contribution in [3.05, 3.63) is 47.0 Å². The van der Waals surface area contributed by atoms with E-state index in [1.807, 2.05) is 38.3 Å². The van der Waals surface area contributed by atoms with Crippen molar-refractivity contribution >= 4 is 12.1 Å². The monoisotopic (exact) mass is 256 g/mol. The molecule has 2 rings (SSSR count). The summed E-state index contributed by atoms with van der Waals surface area (Å²) in [7, 11) is 0. The zero-order chi connectivity index (χ0) is 13.7. The van der Waals surface area contributed by atoms with Crippen LogP contribution in [0.3, 0.4) is 0 Å². The number of carbonyl (C=O) groups is 1. The van der Waals surface area contributed by atoms with Crippen LogP contribution in [0.5, 0.6) is 0 Å². The van der Waals surface area contributed by atoms with E-state index in [1.165, 1.54) is 5.56 Å². The van der Waals surface area contributed by atoms with Crippen LogP contribution in [-0.4, -0.2) is 12.1 Å². The number of amides is 1. The van der Waals surface area contributed by atoms with E-state index in [9.17, 15) is 4.79 Å². The van der Waals surface area contributed by atoms with Crippen molar-refractivity contribution < 1.29 is 4.79 Å². The van der Waals surface area contributed by atoms with E-state index < -0.39 is 0 Å². The van der Waals surface area contributed by atoms with Gasteiger partial charge in [0.25, 0.3) is 5.91 Å². The molecule has 0 spiro atoms. The second kappa shape index (κ2) is 6.32. The standard InChI is InChI=1S/C16H20N2O/c1-12-8-9-15(10-13(12)2)16(19)18-17-11-14-6-4-3-5-7-14/h3-4,8-11,14H,5-7H2,1-2H3,(H,18,19)/b17-11-/t14-/m0/s1. The van der Waals surface area contributed by atoms with Gasteiger partial charge in [-0.05, 0) is 62.3 Å². The Morgan fingerprint density at radius 2 is 2.16 bits per heavy atom. The number of aryl methyl sites for hydroxylation is 2. The molecule has 0 fully saturated rings. The van der Waals surface area contributed by atoms with E-state index in [0.717, 1.165) is 24.8 Å². The second-order valence-electron chi connectivity index (χ2n) is 5.06. The Kier molecular flexibility index (Phi) is 4.50. The maximum atomic E-state index is 11.9. The lowest BCUT2D eigenvalue weighted by Gasteiger charge is -2.11. The van der Waals surface area contributed by atoms with Gasteiger partial charge in [0.2, 0.25) is 0 Å². The van der Waals surface area contributed by atoms with Gasteiger partial charge in [0, 0.05) is 11.8 Å². The normalized spacial score (nSPS) is 18.7. The Balaban J connectivity index is 1.91. The van der Waals surface area contributed by atoms with Crippen molar-refractivity contribution in [1.29, 1.82) is 0 Å². The van der Waals surface area contributed by atoms with Crippen LogP contribution in [0.4, 0.5) is 0 Å². The predicted molar refractivity (Wildman–Crippen MR) is 78.4 cm³/mol. The molecule has 0 saturated carbocycles. The van der Waals surface area contributed by atoms with Crippen molar-refractivity contribution in [2.24, 2.45) is 11.0 Å². The van der Waals surface area contributed by atoms with E-state index in [4.69, 9.17) is 0 Å². The van der Waals surface area contributed by atoms with Gasteiger partial charge in [-0.2, -0.15) is 5.10 Å². The Labute approximate surface area is 114 Å². The van der Waals surface area contributed by atoms with Gasteiger partial charge in [-0.25, -0.2) is 5.43 Å². The summed E-state index contributed by atoms with van der Waals surface area (Å²) in [5, 5.41) is 4.07. The maximum Gasteiger partial charge on any atom is 0.271 e. The molecule has 0 aliphatic heterocycles. The van der Waals surface area contributed by atoms with E-state index in [1.54, 1.807) is 0 Å². The van der Waals surface area contributed by atoms with Crippen LogP contribution in [0, 0.1) is 19.8 Å². The molecule has 1 N–H and O–H groups in total. The molecule has 1 aromatic carbocycles. The lowest BCUT2D eigenvalue weighted by molar-refractivity contribution is 0.0955. The highest BCUT2D eigenvalue weighted by Crippen LogP contribution is 2.15. The highest BCUT2D eigenvalue weighted by molar-refractivity contribution is 5.94. The van der Waals surface area contributed by atoms with Gasteiger partial charge in [0.15, 0.2) is 0 Å². The van der Waals surface area contributed by atoms with Crippen LogP contribution < -0.4 is 5.43 Å². The zero-order valence-corrected chi connectivity index (χ0v) is 11.5. The third kappa shape index (κ3) is 3.78. The summed E-state index contributed by atoms with van der Waals surface area (Å²) in [5.74, 6) is 0.302. The smallest absolute Gasteiger partial charge is 0.267 e. The first-order chi connectivity index (χ1) is 9.16. The van der Waals surface area contributed by atoms with Gasteiger partial charge in [0.05, 0.1) is 0 Å². The molecule has 3 heteroatoms. The van der Waals surface area contributed by atoms with Crippen LogP contribution in [0.1, 0.15) is 40.7 Å². The fourth-order valence-electron chi connectivity index (χ4n) is 2.10. The Bertz CT molecular complexity index is 517. The lowest BCUT2D eigenvalue weighted by Crippen LogP contribution is -2.19. The average Bonchev–Trinajstić information content (AvgIpc) is 2.43. The summed E-state index contributed by atoms with van der Waals surface area (Å²) in [6.07, 6.45) is 9.44. The zero-order valence-electron chi connectivity index (χ0n) is 11.5. The summed E-state index contributed by atoms with van der Waals surface area (Å²) < 4.78 is 0. The molecule has 0 aromatic heterocycles. The first-order valence-electron chi connectivity index (χ1n) is 6.72. The molecule has 0 radical (unpaired) electrons. The molecule has 1 aromatic rings. The average molecular weight is 256 g/mol. The molecule has 1 aliphatic rings. The number of hydrogen-bond donors (Lipinski definition) is 1. The second-order valence-corrected chi connectivity index (χ2v) is 5.06. The van der Waals surface area contributed by atoms with E-state index in [0.29, 0.717) is 11.5 Å². The van der Waals surface area contributed by atoms with Crippen molar-refractivity contribution in [2.45, 2.75) is 33.1 Å². The van der Waals surface area contributed by atoms with Gasteiger partial charge in [-0.15, -0.1) is 0 Å². The van der Waals surface area contributed by atoms with E-state index >= 15 is 0 Å². The summed E-state index contributed by atoms with van der Waals surface area (Å²) in [6, 6.07) is 5.68. The highest BCUT2D eigenvalue weighted by Gasteiger charge is 2.08. The summed E-state index contributed by atoms with van der Waals surface area (Å²) in [5.41, 5.74) is 5.56. The fraction of sp³-hybridized carbons (Fsp3) is 0.375. The van der Waals surface area contributed by atoms with Crippen molar-refractivity contribution in [3.63, 3.8) is 0 Å². The van der Waals surface area contributed by atoms with Crippen LogP contribution >= 0.6 is 0 Å². The third-order valence-corrected chi connectivity index (χ3v) is 3.53. The summed E-state index contributed by atoms with van der Waals surface area (Å²) >= 11 is 0. The SMILES string of the molecule is Cc1ccc(C(=O)N/N=C\[C@H]2CC=CCC2)cc1C. The van der Waals surface area contributed by atoms with E-state index in [2.05, 4.69) is 22.7 Å². The fourth-order valence-corrected chi connectivity index (χ4v) is 2.10. The Morgan fingerprint density at radius 1 is 1.32 bits per heavy atom. The van der Waals surface area contributed by atoms with Gasteiger partial charge in [-0.3, -0.25) is 4.79 Å². The molecule has 0 bridgehead atoms. The van der Waals surface area contributed by atoms with Crippen LogP contribution in [0.15, 0.2) is 35.5 Å². The largest absolute Gasteiger partial charge is 0.271 e. The number of allylic oxidation sites excluding steroid dienone is 2. The first kappa shape index (κ1) is 13.5. The van der Waals surface area contributed by atoms with Gasteiger partial charge < -0.3 is 0 Å². The van der Waals surface area contributed by atoms with Crippen LogP contribution in [0.2, 0.25) is 0 Å². The summed E-state index contributed by atoms with van der Waals surface area (Å²) in [4.78, 5) is 11.9. The molecule has 1 atom stereocenters. The molecule has 0 unspecified atom stereocenters. The number of benzene rings is 1. The quantitative estimate of drug-likeness (QED) is 0.503. The number of nitrogens with zero attached hydrogens (tertiary/aromatic N) is 1. The molecule has 19 heavy (non-hydrogen) atoms. The first-order valence-corrected chi connectivity index (χ1v) is 6.72. The molecule has 1 amide bonds.